The van der Waals surface area contributed by atoms with Crippen molar-refractivity contribution in [3.63, 3.8) is 0 Å². The lowest BCUT2D eigenvalue weighted by atomic mass is 10.2. The van der Waals surface area contributed by atoms with Gasteiger partial charge in [-0.1, -0.05) is 6.07 Å². The van der Waals surface area contributed by atoms with Gasteiger partial charge >= 0.3 is 6.36 Å². The summed E-state index contributed by atoms with van der Waals surface area (Å²) in [6.07, 6.45) is -1.23. The van der Waals surface area contributed by atoms with Crippen LogP contribution in [0.2, 0.25) is 0 Å². The topological polar surface area (TPSA) is 49.9 Å². The first-order chi connectivity index (χ1) is 9.44. The van der Waals surface area contributed by atoms with Gasteiger partial charge in [0, 0.05) is 24.8 Å². The molecule has 2 N–H and O–H groups in total. The van der Waals surface area contributed by atoms with E-state index in [0.717, 1.165) is 11.1 Å². The number of hydrogen-bond donors (Lipinski definition) is 2. The molecule has 8 heteroatoms. The molecule has 20 heavy (non-hydrogen) atoms. The van der Waals surface area contributed by atoms with Crippen molar-refractivity contribution < 1.29 is 17.9 Å². The molecule has 0 saturated carbocycles. The number of nitrogens with one attached hydrogen (secondary N) is 2. The van der Waals surface area contributed by atoms with E-state index in [4.69, 9.17) is 0 Å². The Hall–Kier alpha value is -1.54. The molecule has 2 rings (SSSR count). The first-order valence-corrected chi connectivity index (χ1v) is 6.46. The number of rotatable bonds is 5. The van der Waals surface area contributed by atoms with Crippen LogP contribution < -0.4 is 10.1 Å². The third-order valence-electron chi connectivity index (χ3n) is 2.44. The van der Waals surface area contributed by atoms with Crippen LogP contribution in [0.1, 0.15) is 11.1 Å². The second-order valence-corrected chi connectivity index (χ2v) is 4.88. The van der Waals surface area contributed by atoms with Gasteiger partial charge in [0.2, 0.25) is 0 Å². The number of aromatic nitrogens is 2. The Labute approximate surface area is 121 Å². The van der Waals surface area contributed by atoms with Gasteiger partial charge in [0.25, 0.3) is 0 Å². The van der Waals surface area contributed by atoms with E-state index in [-0.39, 0.29) is 10.2 Å². The number of H-pyrrole nitrogens is 1. The molecule has 0 atom stereocenters. The standard InChI is InChI=1S/C12H11BrF3N3O/c13-10-3-8(1-2-11(10)20-12(14,15)16)4-17-5-9-6-18-19-7-9/h1-3,6-7,17H,4-5H2,(H,18,19). The van der Waals surface area contributed by atoms with Gasteiger partial charge in [-0.3, -0.25) is 5.10 Å². The Morgan fingerprint density at radius 3 is 2.60 bits per heavy atom. The van der Waals surface area contributed by atoms with Crippen molar-refractivity contribution in [3.05, 3.63) is 46.2 Å². The summed E-state index contributed by atoms with van der Waals surface area (Å²) in [6.45, 7) is 1.14. The Bertz CT molecular complexity index is 558. The zero-order chi connectivity index (χ0) is 14.6. The molecule has 1 heterocycles. The van der Waals surface area contributed by atoms with Gasteiger partial charge in [-0.2, -0.15) is 5.10 Å². The Kier molecular flexibility index (Phi) is 4.66. The van der Waals surface area contributed by atoms with Gasteiger partial charge in [0.15, 0.2) is 0 Å². The van der Waals surface area contributed by atoms with Crippen LogP contribution in [-0.2, 0) is 13.1 Å². The molecule has 2 aromatic rings. The Morgan fingerprint density at radius 1 is 1.25 bits per heavy atom. The number of alkyl halides is 3. The second-order valence-electron chi connectivity index (χ2n) is 4.02. The molecule has 0 spiro atoms. The average Bonchev–Trinajstić information content (AvgIpc) is 2.84. The van der Waals surface area contributed by atoms with Gasteiger partial charge in [-0.05, 0) is 33.6 Å². The molecule has 0 aliphatic heterocycles. The molecule has 4 nitrogen and oxygen atoms in total. The summed E-state index contributed by atoms with van der Waals surface area (Å²) >= 11 is 3.06. The van der Waals surface area contributed by atoms with E-state index in [1.807, 2.05) is 0 Å². The van der Waals surface area contributed by atoms with Crippen LogP contribution in [0.4, 0.5) is 13.2 Å². The van der Waals surface area contributed by atoms with Crippen LogP contribution in [0, 0.1) is 0 Å². The van der Waals surface area contributed by atoms with Crippen molar-refractivity contribution in [2.75, 3.05) is 0 Å². The smallest absolute Gasteiger partial charge is 0.405 e. The third kappa shape index (κ3) is 4.53. The zero-order valence-corrected chi connectivity index (χ0v) is 11.8. The van der Waals surface area contributed by atoms with Crippen molar-refractivity contribution in [1.82, 2.24) is 15.5 Å². The first kappa shape index (κ1) is 14.9. The summed E-state index contributed by atoms with van der Waals surface area (Å²) in [5, 5.41) is 9.66. The van der Waals surface area contributed by atoms with Crippen LogP contribution in [-0.4, -0.2) is 16.6 Å². The molecule has 0 unspecified atom stereocenters. The minimum absolute atomic E-state index is 0.254. The van der Waals surface area contributed by atoms with Crippen molar-refractivity contribution >= 4 is 15.9 Å². The summed E-state index contributed by atoms with van der Waals surface area (Å²) in [4.78, 5) is 0. The largest absolute Gasteiger partial charge is 0.573 e. The van der Waals surface area contributed by atoms with Crippen LogP contribution in [0.15, 0.2) is 35.1 Å². The van der Waals surface area contributed by atoms with Crippen LogP contribution in [0.25, 0.3) is 0 Å². The molecule has 0 aliphatic rings. The van der Waals surface area contributed by atoms with Crippen LogP contribution >= 0.6 is 15.9 Å². The molecule has 0 amide bonds. The zero-order valence-electron chi connectivity index (χ0n) is 10.2. The fourth-order valence-electron chi connectivity index (χ4n) is 1.59. The summed E-state index contributed by atoms with van der Waals surface area (Å²) in [5.74, 6) is -0.254. The molecule has 0 radical (unpaired) electrons. The predicted molar refractivity (Wildman–Crippen MR) is 70.0 cm³/mol. The van der Waals surface area contributed by atoms with Crippen molar-refractivity contribution in [1.29, 1.82) is 0 Å². The average molecular weight is 350 g/mol. The van der Waals surface area contributed by atoms with Gasteiger partial charge in [0.1, 0.15) is 5.75 Å². The fourth-order valence-corrected chi connectivity index (χ4v) is 2.09. The molecule has 1 aromatic carbocycles. The van der Waals surface area contributed by atoms with E-state index in [2.05, 4.69) is 36.2 Å². The number of benzene rings is 1. The van der Waals surface area contributed by atoms with Crippen LogP contribution in [0.5, 0.6) is 5.75 Å². The highest BCUT2D eigenvalue weighted by Gasteiger charge is 2.31. The predicted octanol–water partition coefficient (Wildman–Crippen LogP) is 3.36. The fraction of sp³-hybridized carbons (Fsp3) is 0.250. The number of halogens is 4. The minimum atomic E-state index is -4.69. The molecule has 108 valence electrons. The summed E-state index contributed by atoms with van der Waals surface area (Å²) < 4.78 is 40.5. The van der Waals surface area contributed by atoms with E-state index in [1.54, 1.807) is 24.5 Å². The Balaban J connectivity index is 1.91. The maximum absolute atomic E-state index is 12.1. The highest BCUT2D eigenvalue weighted by atomic mass is 79.9. The normalized spacial score (nSPS) is 11.6. The quantitative estimate of drug-likeness (QED) is 0.870. The van der Waals surface area contributed by atoms with Gasteiger partial charge in [-0.15, -0.1) is 13.2 Å². The summed E-state index contributed by atoms with van der Waals surface area (Å²) in [6, 6.07) is 4.45. The van der Waals surface area contributed by atoms with Crippen LogP contribution in [0.3, 0.4) is 0 Å². The molecule has 0 aliphatic carbocycles. The summed E-state index contributed by atoms with van der Waals surface area (Å²) in [5.41, 5.74) is 1.84. The minimum Gasteiger partial charge on any atom is -0.405 e. The van der Waals surface area contributed by atoms with E-state index in [0.29, 0.717) is 13.1 Å². The lowest BCUT2D eigenvalue weighted by Gasteiger charge is -2.11. The molecule has 0 bridgehead atoms. The highest BCUT2D eigenvalue weighted by Crippen LogP contribution is 2.31. The maximum Gasteiger partial charge on any atom is 0.573 e. The number of hydrogen-bond acceptors (Lipinski definition) is 3. The third-order valence-corrected chi connectivity index (χ3v) is 3.05. The molecular formula is C12H11BrF3N3O. The lowest BCUT2D eigenvalue weighted by Crippen LogP contribution is -2.17. The molecule has 0 fully saturated rings. The molecule has 0 saturated heterocycles. The van der Waals surface area contributed by atoms with E-state index < -0.39 is 6.36 Å². The Morgan fingerprint density at radius 2 is 2.00 bits per heavy atom. The maximum atomic E-state index is 12.1. The first-order valence-electron chi connectivity index (χ1n) is 5.66. The van der Waals surface area contributed by atoms with Gasteiger partial charge in [-0.25, -0.2) is 0 Å². The number of nitrogens with zero attached hydrogens (tertiary/aromatic N) is 1. The number of aromatic amines is 1. The lowest BCUT2D eigenvalue weighted by molar-refractivity contribution is -0.274. The van der Waals surface area contributed by atoms with Gasteiger partial charge in [0.05, 0.1) is 10.7 Å². The van der Waals surface area contributed by atoms with Crippen molar-refractivity contribution in [2.45, 2.75) is 19.5 Å². The molecular weight excluding hydrogens is 339 g/mol. The van der Waals surface area contributed by atoms with Gasteiger partial charge < -0.3 is 10.1 Å². The van der Waals surface area contributed by atoms with E-state index >= 15 is 0 Å². The highest BCUT2D eigenvalue weighted by molar-refractivity contribution is 9.10. The van der Waals surface area contributed by atoms with Crippen molar-refractivity contribution in [2.24, 2.45) is 0 Å². The van der Waals surface area contributed by atoms with Crippen molar-refractivity contribution in [3.8, 4) is 5.75 Å². The monoisotopic (exact) mass is 349 g/mol. The van der Waals surface area contributed by atoms with E-state index in [1.165, 1.54) is 6.07 Å². The molecule has 1 aromatic heterocycles. The van der Waals surface area contributed by atoms with E-state index in [9.17, 15) is 13.2 Å². The number of ether oxygens (including phenoxy) is 1. The summed E-state index contributed by atoms with van der Waals surface area (Å²) in [7, 11) is 0. The second kappa shape index (κ2) is 6.27. The SMILES string of the molecule is FC(F)(F)Oc1ccc(CNCc2cn[nH]c2)cc1Br.